The summed E-state index contributed by atoms with van der Waals surface area (Å²) in [5, 5.41) is 7.21. The van der Waals surface area contributed by atoms with Gasteiger partial charge in [-0.2, -0.15) is 9.97 Å². The topological polar surface area (TPSA) is 185 Å². The van der Waals surface area contributed by atoms with E-state index < -0.39 is 25.8 Å². The molecule has 0 bridgehead atoms. The van der Waals surface area contributed by atoms with Crippen LogP contribution in [0, 0.1) is 6.92 Å². The van der Waals surface area contributed by atoms with Crippen LogP contribution >= 0.6 is 19.2 Å². The highest BCUT2D eigenvalue weighted by Crippen LogP contribution is 2.52. The fourth-order valence-electron chi connectivity index (χ4n) is 3.06. The molecule has 1 fully saturated rings. The third kappa shape index (κ3) is 4.10. The lowest BCUT2D eigenvalue weighted by atomic mass is 10.2. The van der Waals surface area contributed by atoms with E-state index in [0.717, 1.165) is 0 Å². The van der Waals surface area contributed by atoms with Crippen LogP contribution < -0.4 is 5.73 Å². The van der Waals surface area contributed by atoms with Gasteiger partial charge in [-0.25, -0.2) is 4.98 Å². The van der Waals surface area contributed by atoms with Gasteiger partial charge < -0.3 is 29.4 Å². The largest absolute Gasteiger partial charge is 0.422 e. The SMILES string of the molecule is Cc1nnc(C(OC[C@@H]2CC[C@H](n3cnc4c(N)nc(Cl)nc43)O2)P(=O)(O)O)o1. The monoisotopic (exact) mass is 445 g/mol. The smallest absolute Gasteiger partial charge is 0.363 e. The Bertz CT molecular complexity index is 1080. The van der Waals surface area contributed by atoms with E-state index >= 15 is 0 Å². The van der Waals surface area contributed by atoms with Crippen molar-refractivity contribution in [3.63, 3.8) is 0 Å². The Balaban J connectivity index is 1.46. The number of ether oxygens (including phenoxy) is 2. The lowest BCUT2D eigenvalue weighted by Gasteiger charge is -2.19. The van der Waals surface area contributed by atoms with Gasteiger partial charge in [0.05, 0.1) is 19.0 Å². The number of hydrogen-bond acceptors (Lipinski definition) is 10. The second kappa shape index (κ2) is 7.59. The molecule has 0 aliphatic carbocycles. The Hall–Kier alpha value is -2.15. The molecule has 1 aliphatic heterocycles. The predicted octanol–water partition coefficient (Wildman–Crippen LogP) is 1.32. The van der Waals surface area contributed by atoms with Crippen molar-refractivity contribution in [3.05, 3.63) is 23.4 Å². The van der Waals surface area contributed by atoms with Crippen LogP contribution in [0.5, 0.6) is 0 Å². The summed E-state index contributed by atoms with van der Waals surface area (Å²) in [6.07, 6.45) is 1.86. The first-order valence-electron chi connectivity index (χ1n) is 8.50. The number of rotatable bonds is 6. The van der Waals surface area contributed by atoms with Crippen LogP contribution in [0.1, 0.15) is 36.7 Å². The van der Waals surface area contributed by atoms with E-state index in [4.69, 9.17) is 31.2 Å². The molecule has 1 saturated heterocycles. The highest BCUT2D eigenvalue weighted by Gasteiger charge is 2.38. The number of imidazole rings is 1. The van der Waals surface area contributed by atoms with E-state index in [1.165, 1.54) is 13.3 Å². The Labute approximate surface area is 168 Å². The molecule has 4 N–H and O–H groups in total. The van der Waals surface area contributed by atoms with Crippen LogP contribution in [0.2, 0.25) is 5.28 Å². The minimum Gasteiger partial charge on any atom is -0.422 e. The Kier molecular flexibility index (Phi) is 5.27. The normalized spacial score (nSPS) is 21.1. The van der Waals surface area contributed by atoms with E-state index in [-0.39, 0.29) is 29.5 Å². The zero-order chi connectivity index (χ0) is 20.8. The second-order valence-electron chi connectivity index (χ2n) is 6.43. The molecule has 1 aliphatic rings. The number of aromatic nitrogens is 6. The van der Waals surface area contributed by atoms with Crippen molar-refractivity contribution in [1.82, 2.24) is 29.7 Å². The Morgan fingerprint density at radius 2 is 2.21 bits per heavy atom. The summed E-state index contributed by atoms with van der Waals surface area (Å²) in [6.45, 7) is 1.42. The van der Waals surface area contributed by atoms with Gasteiger partial charge in [0.1, 0.15) is 11.7 Å². The standard InChI is InChI=1S/C14H17ClN7O6P/c1-6-20-21-12(27-6)13(29(23,24)25)26-4-7-2-3-8(28-7)22-5-17-9-10(16)18-14(15)19-11(9)22/h5,7-8,13H,2-4H2,1H3,(H2,16,18,19)(H2,23,24,25)/t7-,8+,13?/m0/s1. The molecular formula is C14H17ClN7O6P. The fourth-order valence-corrected chi connectivity index (χ4v) is 3.90. The summed E-state index contributed by atoms with van der Waals surface area (Å²) in [6, 6.07) is 0. The first kappa shape index (κ1) is 20.1. The zero-order valence-corrected chi connectivity index (χ0v) is 16.7. The van der Waals surface area contributed by atoms with Crippen LogP contribution in [-0.2, 0) is 14.0 Å². The minimum absolute atomic E-state index is 0.00559. The maximum absolute atomic E-state index is 11.8. The first-order valence-corrected chi connectivity index (χ1v) is 10.6. The van der Waals surface area contributed by atoms with Gasteiger partial charge in [-0.15, -0.1) is 10.2 Å². The van der Waals surface area contributed by atoms with Gasteiger partial charge in [-0.3, -0.25) is 9.13 Å². The first-order chi connectivity index (χ1) is 13.7. The summed E-state index contributed by atoms with van der Waals surface area (Å²) in [5.41, 5.74) is 6.65. The third-order valence-electron chi connectivity index (χ3n) is 4.31. The van der Waals surface area contributed by atoms with Crippen molar-refractivity contribution < 1.29 is 28.2 Å². The zero-order valence-electron chi connectivity index (χ0n) is 15.0. The predicted molar refractivity (Wildman–Crippen MR) is 97.7 cm³/mol. The van der Waals surface area contributed by atoms with Crippen molar-refractivity contribution in [2.24, 2.45) is 0 Å². The molecule has 4 heterocycles. The number of halogens is 1. The van der Waals surface area contributed by atoms with Crippen molar-refractivity contribution >= 4 is 36.2 Å². The number of anilines is 1. The number of aryl methyl sites for hydroxylation is 1. The van der Waals surface area contributed by atoms with Gasteiger partial charge in [0, 0.05) is 6.92 Å². The molecule has 4 rings (SSSR count). The van der Waals surface area contributed by atoms with Gasteiger partial charge in [0.2, 0.25) is 17.0 Å². The summed E-state index contributed by atoms with van der Waals surface area (Å²) in [7, 11) is -4.68. The van der Waals surface area contributed by atoms with E-state index in [1.54, 1.807) is 4.57 Å². The van der Waals surface area contributed by atoms with Crippen LogP contribution in [-0.4, -0.2) is 52.2 Å². The molecular weight excluding hydrogens is 429 g/mol. The van der Waals surface area contributed by atoms with Crippen LogP contribution in [0.3, 0.4) is 0 Å². The molecule has 0 amide bonds. The molecule has 0 aromatic carbocycles. The summed E-state index contributed by atoms with van der Waals surface area (Å²) in [5.74, 6) is -1.61. The van der Waals surface area contributed by atoms with Gasteiger partial charge in [-0.1, -0.05) is 0 Å². The number of nitrogens with zero attached hydrogens (tertiary/aromatic N) is 6. The minimum atomic E-state index is -4.68. The highest BCUT2D eigenvalue weighted by molar-refractivity contribution is 7.51. The maximum Gasteiger partial charge on any atom is 0.363 e. The molecule has 0 radical (unpaired) electrons. The summed E-state index contributed by atoms with van der Waals surface area (Å²) in [4.78, 5) is 31.3. The van der Waals surface area contributed by atoms with Gasteiger partial charge in [-0.05, 0) is 24.4 Å². The third-order valence-corrected chi connectivity index (χ3v) is 5.46. The number of fused-ring (bicyclic) bond motifs is 1. The van der Waals surface area contributed by atoms with Crippen molar-refractivity contribution in [3.8, 4) is 0 Å². The van der Waals surface area contributed by atoms with Crippen LogP contribution in [0.25, 0.3) is 11.2 Å². The average molecular weight is 446 g/mol. The molecule has 3 aromatic heterocycles. The van der Waals surface area contributed by atoms with Gasteiger partial charge >= 0.3 is 7.60 Å². The maximum atomic E-state index is 11.8. The molecule has 1 unspecified atom stereocenters. The Morgan fingerprint density at radius 1 is 1.41 bits per heavy atom. The number of nitrogen functional groups attached to an aromatic ring is 1. The van der Waals surface area contributed by atoms with E-state index in [9.17, 15) is 14.4 Å². The van der Waals surface area contributed by atoms with Gasteiger partial charge in [0.15, 0.2) is 11.5 Å². The second-order valence-corrected chi connectivity index (χ2v) is 8.41. The summed E-state index contributed by atoms with van der Waals surface area (Å²) < 4.78 is 29.9. The van der Waals surface area contributed by atoms with E-state index in [0.29, 0.717) is 24.0 Å². The molecule has 29 heavy (non-hydrogen) atoms. The molecule has 3 aromatic rings. The lowest BCUT2D eigenvalue weighted by Crippen LogP contribution is -2.19. The van der Waals surface area contributed by atoms with Crippen molar-refractivity contribution in [1.29, 1.82) is 0 Å². The van der Waals surface area contributed by atoms with Crippen LogP contribution in [0.4, 0.5) is 5.82 Å². The lowest BCUT2D eigenvalue weighted by molar-refractivity contribution is -0.0530. The molecule has 15 heteroatoms. The molecule has 13 nitrogen and oxygen atoms in total. The van der Waals surface area contributed by atoms with E-state index in [2.05, 4.69) is 25.1 Å². The summed E-state index contributed by atoms with van der Waals surface area (Å²) >= 11 is 5.88. The Morgan fingerprint density at radius 3 is 2.90 bits per heavy atom. The number of hydrogen-bond donors (Lipinski definition) is 3. The molecule has 156 valence electrons. The number of nitrogens with two attached hydrogens (primary N) is 1. The van der Waals surface area contributed by atoms with E-state index in [1.807, 2.05) is 0 Å². The van der Waals surface area contributed by atoms with Crippen LogP contribution in [0.15, 0.2) is 10.7 Å². The molecule has 3 atom stereocenters. The van der Waals surface area contributed by atoms with Crippen molar-refractivity contribution in [2.75, 3.05) is 12.3 Å². The van der Waals surface area contributed by atoms with Crippen molar-refractivity contribution in [2.45, 2.75) is 37.9 Å². The highest BCUT2D eigenvalue weighted by atomic mass is 35.5. The quantitative estimate of drug-likeness (QED) is 0.365. The molecule has 0 spiro atoms. The van der Waals surface area contributed by atoms with Gasteiger partial charge in [0.25, 0.3) is 5.89 Å². The molecule has 0 saturated carbocycles. The fraction of sp³-hybridized carbons (Fsp3) is 0.500. The average Bonchev–Trinajstić information content (AvgIpc) is 3.33.